The van der Waals surface area contributed by atoms with Crippen LogP contribution >= 0.6 is 23.4 Å². The maximum Gasteiger partial charge on any atom is 0.417 e. The highest BCUT2D eigenvalue weighted by Gasteiger charge is 2.38. The van der Waals surface area contributed by atoms with Gasteiger partial charge in [0.1, 0.15) is 11.6 Å². The molecule has 0 unspecified atom stereocenters. The van der Waals surface area contributed by atoms with E-state index in [2.05, 4.69) is 0 Å². The van der Waals surface area contributed by atoms with Gasteiger partial charge in [-0.1, -0.05) is 11.6 Å². The lowest BCUT2D eigenvalue weighted by Crippen LogP contribution is -2.34. The van der Waals surface area contributed by atoms with Crippen LogP contribution in [0.1, 0.15) is 5.56 Å². The molecule has 0 amide bonds. The number of hydrogen-bond donors (Lipinski definition) is 1. The normalized spacial score (nSPS) is 16.5. The maximum absolute atomic E-state index is 14.7. The van der Waals surface area contributed by atoms with Gasteiger partial charge in [0.25, 0.3) is 5.56 Å². The molecule has 0 radical (unpaired) electrons. The molecule has 0 aliphatic carbocycles. The summed E-state index contributed by atoms with van der Waals surface area (Å²) in [5, 5.41) is -0.961. The van der Waals surface area contributed by atoms with Crippen LogP contribution in [0.25, 0.3) is 22.0 Å². The molecule has 2 aromatic carbocycles. The van der Waals surface area contributed by atoms with Gasteiger partial charge in [0.15, 0.2) is 0 Å². The van der Waals surface area contributed by atoms with E-state index >= 15 is 0 Å². The third-order valence-corrected chi connectivity index (χ3v) is 6.47. The fourth-order valence-electron chi connectivity index (χ4n) is 3.52. The molecule has 0 spiro atoms. The molecule has 1 N–H and O–H groups in total. The van der Waals surface area contributed by atoms with Crippen molar-refractivity contribution < 1.29 is 26.7 Å². The van der Waals surface area contributed by atoms with Crippen LogP contribution in [0.5, 0.6) is 0 Å². The van der Waals surface area contributed by atoms with Gasteiger partial charge < -0.3 is 4.74 Å². The highest BCUT2D eigenvalue weighted by Crippen LogP contribution is 2.47. The molecule has 12 heteroatoms. The van der Waals surface area contributed by atoms with Crippen LogP contribution in [0.3, 0.4) is 0 Å². The van der Waals surface area contributed by atoms with E-state index in [9.17, 15) is 31.5 Å². The predicted molar refractivity (Wildman–Crippen MR) is 106 cm³/mol. The minimum Gasteiger partial charge on any atom is -0.379 e. The van der Waals surface area contributed by atoms with E-state index in [0.717, 1.165) is 22.4 Å². The molecular formula is C19H12ClF5N2O3S. The first kappa shape index (κ1) is 21.8. The van der Waals surface area contributed by atoms with Gasteiger partial charge in [-0.3, -0.25) is 14.3 Å². The first-order valence-electron chi connectivity index (χ1n) is 8.74. The molecule has 3 aromatic rings. The lowest BCUT2D eigenvalue weighted by atomic mass is 9.96. The standard InChI is InChI=1S/C19H12ClF5N2O3S/c1-30-7-5-27-15-9(17(28)26-18(27)29)2-10(19(23,24)25)14(16(15)31-6-7)8-3-11(20)13(22)4-12(8)21/h2-4,7H,5-6H2,1H3,(H,26,28,29)/t7-/m0/s1. The van der Waals surface area contributed by atoms with E-state index in [4.69, 9.17) is 16.3 Å². The number of aromatic amines is 1. The third kappa shape index (κ3) is 3.64. The zero-order chi connectivity index (χ0) is 22.7. The summed E-state index contributed by atoms with van der Waals surface area (Å²) in [4.78, 5) is 26.7. The second-order valence-corrected chi connectivity index (χ2v) is 8.24. The molecule has 0 bridgehead atoms. The Morgan fingerprint density at radius 2 is 1.90 bits per heavy atom. The van der Waals surface area contributed by atoms with E-state index in [1.807, 2.05) is 4.98 Å². The predicted octanol–water partition coefficient (Wildman–Crippen LogP) is 4.43. The zero-order valence-corrected chi connectivity index (χ0v) is 17.1. The molecular weight excluding hydrogens is 467 g/mol. The fourth-order valence-corrected chi connectivity index (χ4v) is 5.00. The van der Waals surface area contributed by atoms with Crippen molar-refractivity contribution >= 4 is 34.3 Å². The van der Waals surface area contributed by atoms with Crippen LogP contribution in [-0.4, -0.2) is 28.5 Å². The van der Waals surface area contributed by atoms with E-state index < -0.39 is 56.9 Å². The quantitative estimate of drug-likeness (QED) is 0.437. The lowest BCUT2D eigenvalue weighted by molar-refractivity contribution is -0.137. The van der Waals surface area contributed by atoms with Gasteiger partial charge >= 0.3 is 11.9 Å². The number of aromatic nitrogens is 2. The molecule has 1 atom stereocenters. The van der Waals surface area contributed by atoms with Crippen LogP contribution in [0.2, 0.25) is 5.02 Å². The van der Waals surface area contributed by atoms with Gasteiger partial charge in [0.05, 0.1) is 34.1 Å². The molecule has 4 rings (SSSR count). The zero-order valence-electron chi connectivity index (χ0n) is 15.6. The second-order valence-electron chi connectivity index (χ2n) is 6.81. The van der Waals surface area contributed by atoms with Crippen LogP contribution in [-0.2, 0) is 17.5 Å². The summed E-state index contributed by atoms with van der Waals surface area (Å²) in [5.41, 5.74) is -4.47. The van der Waals surface area contributed by atoms with Crippen molar-refractivity contribution in [1.82, 2.24) is 9.55 Å². The van der Waals surface area contributed by atoms with Gasteiger partial charge in [0, 0.05) is 35.0 Å². The average Bonchev–Trinajstić information content (AvgIpc) is 2.88. The highest BCUT2D eigenvalue weighted by atomic mass is 35.5. The number of H-pyrrole nitrogens is 1. The first-order valence-corrected chi connectivity index (χ1v) is 10.1. The number of ether oxygens (including phenoxy) is 1. The Morgan fingerprint density at radius 1 is 1.19 bits per heavy atom. The highest BCUT2D eigenvalue weighted by molar-refractivity contribution is 7.99. The van der Waals surface area contributed by atoms with Crippen LogP contribution < -0.4 is 11.2 Å². The molecule has 31 heavy (non-hydrogen) atoms. The number of thioether (sulfide) groups is 1. The summed E-state index contributed by atoms with van der Waals surface area (Å²) in [6.45, 7) is -0.0416. The van der Waals surface area contributed by atoms with E-state index in [0.29, 0.717) is 12.1 Å². The number of rotatable bonds is 2. The molecule has 1 aromatic heterocycles. The van der Waals surface area contributed by atoms with E-state index in [1.165, 1.54) is 7.11 Å². The van der Waals surface area contributed by atoms with Crippen LogP contribution in [0.4, 0.5) is 22.0 Å². The maximum atomic E-state index is 14.7. The SMILES string of the molecule is CO[C@@H]1CSc2c(-c3cc(Cl)c(F)cc3F)c(C(F)(F)F)cc3c(=O)[nH]c(=O)n(c23)C1. The molecule has 1 aliphatic heterocycles. The Kier molecular flexibility index (Phi) is 5.39. The number of nitrogens with zero attached hydrogens (tertiary/aromatic N) is 1. The number of benzene rings is 2. The summed E-state index contributed by atoms with van der Waals surface area (Å²) >= 11 is 6.61. The number of nitrogens with one attached hydrogen (secondary N) is 1. The first-order chi connectivity index (χ1) is 14.5. The molecule has 2 heterocycles. The minimum atomic E-state index is -4.99. The molecule has 164 valence electrons. The molecule has 0 saturated carbocycles. The monoisotopic (exact) mass is 478 g/mol. The topological polar surface area (TPSA) is 64.1 Å². The van der Waals surface area contributed by atoms with Gasteiger partial charge in [-0.15, -0.1) is 11.8 Å². The summed E-state index contributed by atoms with van der Waals surface area (Å²) in [6.07, 6.45) is -5.57. The summed E-state index contributed by atoms with van der Waals surface area (Å²) in [5.74, 6) is -2.29. The molecule has 1 aliphatic rings. The average molecular weight is 479 g/mol. The van der Waals surface area contributed by atoms with Crippen LogP contribution in [0, 0.1) is 11.6 Å². The minimum absolute atomic E-state index is 0.0416. The van der Waals surface area contributed by atoms with Crippen molar-refractivity contribution in [1.29, 1.82) is 0 Å². The summed E-state index contributed by atoms with van der Waals surface area (Å²) in [7, 11) is 1.37. The second kappa shape index (κ2) is 7.64. The van der Waals surface area contributed by atoms with E-state index in [1.54, 1.807) is 0 Å². The molecule has 0 saturated heterocycles. The number of methoxy groups -OCH3 is 1. The van der Waals surface area contributed by atoms with Crippen molar-refractivity contribution in [3.05, 3.63) is 61.3 Å². The van der Waals surface area contributed by atoms with Crippen molar-refractivity contribution in [2.45, 2.75) is 23.7 Å². The molecule has 0 fully saturated rings. The number of alkyl halides is 3. The molecule has 5 nitrogen and oxygen atoms in total. The lowest BCUT2D eigenvalue weighted by Gasteiger charge is -2.20. The van der Waals surface area contributed by atoms with Crippen molar-refractivity contribution in [3.8, 4) is 11.1 Å². The Balaban J connectivity index is 2.24. The number of halogens is 6. The Labute approximate surface area is 179 Å². The van der Waals surface area contributed by atoms with Gasteiger partial charge in [-0.05, 0) is 12.1 Å². The van der Waals surface area contributed by atoms with Gasteiger partial charge in [0.2, 0.25) is 0 Å². The number of hydrogen-bond acceptors (Lipinski definition) is 4. The fraction of sp³-hybridized carbons (Fsp3) is 0.263. The van der Waals surface area contributed by atoms with Crippen molar-refractivity contribution in [3.63, 3.8) is 0 Å². The largest absolute Gasteiger partial charge is 0.417 e. The van der Waals surface area contributed by atoms with E-state index in [-0.39, 0.29) is 28.1 Å². The Hall–Kier alpha value is -2.37. The Morgan fingerprint density at radius 3 is 2.55 bits per heavy atom. The Bertz CT molecular complexity index is 1340. The van der Waals surface area contributed by atoms with Crippen molar-refractivity contribution in [2.75, 3.05) is 12.9 Å². The smallest absolute Gasteiger partial charge is 0.379 e. The summed E-state index contributed by atoms with van der Waals surface area (Å²) in [6, 6.07) is 1.71. The summed E-state index contributed by atoms with van der Waals surface area (Å²) < 4.78 is 76.8. The van der Waals surface area contributed by atoms with Crippen molar-refractivity contribution in [2.24, 2.45) is 0 Å². The van der Waals surface area contributed by atoms with Crippen LogP contribution in [0.15, 0.2) is 32.7 Å². The van der Waals surface area contributed by atoms with Gasteiger partial charge in [-0.2, -0.15) is 13.2 Å². The van der Waals surface area contributed by atoms with Gasteiger partial charge in [-0.25, -0.2) is 13.6 Å². The third-order valence-electron chi connectivity index (χ3n) is 4.95.